The van der Waals surface area contributed by atoms with E-state index in [0.717, 1.165) is 63.2 Å². The standard InChI is InChI=1S/C29H37N5O3/c1-18-17-33(23-8-6-20(7-9-23)27(35)30-2)10-11-34(18)25-5-3-4-24(31-25)28(36)32-26-21-12-19-13-22(26)16-29(37,14-19)15-21/h3-9,18-19,21-22,26,37H,10-17H2,1-2H3,(H,30,35)(H,32,36). The molecule has 1 aromatic heterocycles. The van der Waals surface area contributed by atoms with Crippen molar-refractivity contribution in [1.82, 2.24) is 15.6 Å². The van der Waals surface area contributed by atoms with Crippen LogP contribution in [0.1, 0.15) is 59.9 Å². The maximum atomic E-state index is 13.3. The summed E-state index contributed by atoms with van der Waals surface area (Å²) < 4.78 is 0. The molecule has 4 bridgehead atoms. The van der Waals surface area contributed by atoms with Crippen LogP contribution in [-0.4, -0.2) is 66.3 Å². The van der Waals surface area contributed by atoms with Crippen LogP contribution in [0.15, 0.2) is 42.5 Å². The first-order chi connectivity index (χ1) is 17.8. The number of amides is 2. The Morgan fingerprint density at radius 3 is 2.38 bits per heavy atom. The summed E-state index contributed by atoms with van der Waals surface area (Å²) in [5.74, 6) is 2.01. The molecule has 3 N–H and O–H groups in total. The van der Waals surface area contributed by atoms with Crippen molar-refractivity contribution in [3.05, 3.63) is 53.7 Å². The molecule has 7 rings (SSSR count). The van der Waals surface area contributed by atoms with Crippen LogP contribution in [0.3, 0.4) is 0 Å². The first-order valence-corrected chi connectivity index (χ1v) is 13.7. The first-order valence-electron chi connectivity index (χ1n) is 13.7. The van der Waals surface area contributed by atoms with E-state index in [-0.39, 0.29) is 23.9 Å². The molecule has 3 unspecified atom stereocenters. The second-order valence-electron chi connectivity index (χ2n) is 11.7. The van der Waals surface area contributed by atoms with Gasteiger partial charge in [-0.25, -0.2) is 4.98 Å². The molecule has 4 aliphatic carbocycles. The maximum absolute atomic E-state index is 13.3. The van der Waals surface area contributed by atoms with Crippen molar-refractivity contribution in [2.45, 2.75) is 56.7 Å². The van der Waals surface area contributed by atoms with E-state index in [1.54, 1.807) is 13.1 Å². The minimum atomic E-state index is -0.500. The molecule has 4 saturated carbocycles. The van der Waals surface area contributed by atoms with Gasteiger partial charge in [-0.15, -0.1) is 0 Å². The molecule has 2 aromatic rings. The number of aromatic nitrogens is 1. The monoisotopic (exact) mass is 503 g/mol. The van der Waals surface area contributed by atoms with Crippen LogP contribution < -0.4 is 20.4 Å². The normalized spacial score (nSPS) is 32.4. The molecule has 2 amide bonds. The van der Waals surface area contributed by atoms with E-state index in [2.05, 4.69) is 27.4 Å². The third-order valence-corrected chi connectivity index (χ3v) is 9.15. The number of benzene rings is 1. The Morgan fingerprint density at radius 2 is 1.73 bits per heavy atom. The molecule has 3 atom stereocenters. The highest BCUT2D eigenvalue weighted by Gasteiger charge is 2.55. The highest BCUT2D eigenvalue weighted by Crippen LogP contribution is 2.55. The number of carbonyl (C=O) groups is 2. The number of nitrogens with zero attached hydrogens (tertiary/aromatic N) is 3. The fourth-order valence-electron chi connectivity index (χ4n) is 7.65. The molecule has 5 aliphatic rings. The molecule has 2 heterocycles. The zero-order valence-electron chi connectivity index (χ0n) is 21.7. The lowest BCUT2D eigenvalue weighted by molar-refractivity contribution is -0.136. The molecule has 5 fully saturated rings. The van der Waals surface area contributed by atoms with Gasteiger partial charge in [-0.1, -0.05) is 6.07 Å². The number of rotatable bonds is 5. The van der Waals surface area contributed by atoms with Gasteiger partial charge >= 0.3 is 0 Å². The number of hydrogen-bond donors (Lipinski definition) is 3. The molecule has 8 nitrogen and oxygen atoms in total. The topological polar surface area (TPSA) is 97.8 Å². The Kier molecular flexibility index (Phi) is 6.10. The zero-order chi connectivity index (χ0) is 25.7. The lowest BCUT2D eigenvalue weighted by Gasteiger charge is -2.58. The molecule has 1 saturated heterocycles. The third-order valence-electron chi connectivity index (χ3n) is 9.15. The first kappa shape index (κ1) is 24.2. The van der Waals surface area contributed by atoms with Crippen molar-refractivity contribution in [2.24, 2.45) is 17.8 Å². The van der Waals surface area contributed by atoms with Crippen molar-refractivity contribution in [1.29, 1.82) is 0 Å². The second kappa shape index (κ2) is 9.31. The predicted octanol–water partition coefficient (Wildman–Crippen LogP) is 2.83. The summed E-state index contributed by atoms with van der Waals surface area (Å²) in [6.45, 7) is 4.63. The summed E-state index contributed by atoms with van der Waals surface area (Å²) in [6, 6.07) is 13.8. The molecular weight excluding hydrogens is 466 g/mol. The van der Waals surface area contributed by atoms with Crippen molar-refractivity contribution in [3.8, 4) is 0 Å². The Labute approximate surface area is 218 Å². The van der Waals surface area contributed by atoms with Gasteiger partial charge in [0.15, 0.2) is 0 Å². The summed E-state index contributed by atoms with van der Waals surface area (Å²) in [5.41, 5.74) is 1.71. The summed E-state index contributed by atoms with van der Waals surface area (Å²) >= 11 is 0. The van der Waals surface area contributed by atoms with Gasteiger partial charge in [-0.2, -0.15) is 0 Å². The Balaban J connectivity index is 1.10. The van der Waals surface area contributed by atoms with Gasteiger partial charge in [0, 0.05) is 50.0 Å². The fraction of sp³-hybridized carbons (Fsp3) is 0.552. The van der Waals surface area contributed by atoms with E-state index < -0.39 is 5.60 Å². The van der Waals surface area contributed by atoms with Gasteiger partial charge in [-0.05, 0) is 93.2 Å². The number of nitrogens with one attached hydrogen (secondary N) is 2. The van der Waals surface area contributed by atoms with Crippen molar-refractivity contribution < 1.29 is 14.7 Å². The molecule has 196 valence electrons. The summed E-state index contributed by atoms with van der Waals surface area (Å²) in [4.78, 5) is 34.5. The Morgan fingerprint density at radius 1 is 1.00 bits per heavy atom. The highest BCUT2D eigenvalue weighted by molar-refractivity contribution is 5.94. The van der Waals surface area contributed by atoms with Gasteiger partial charge in [0.2, 0.25) is 0 Å². The third kappa shape index (κ3) is 4.56. The van der Waals surface area contributed by atoms with Crippen LogP contribution in [0.2, 0.25) is 0 Å². The second-order valence-corrected chi connectivity index (χ2v) is 11.7. The number of anilines is 2. The van der Waals surface area contributed by atoms with E-state index in [1.807, 2.05) is 36.4 Å². The van der Waals surface area contributed by atoms with Gasteiger partial charge in [0.05, 0.1) is 5.60 Å². The minimum absolute atomic E-state index is 0.0830. The zero-order valence-corrected chi connectivity index (χ0v) is 21.7. The predicted molar refractivity (Wildman–Crippen MR) is 143 cm³/mol. The summed E-state index contributed by atoms with van der Waals surface area (Å²) in [5, 5.41) is 16.8. The van der Waals surface area contributed by atoms with E-state index in [0.29, 0.717) is 29.0 Å². The van der Waals surface area contributed by atoms with E-state index in [9.17, 15) is 14.7 Å². The molecule has 0 spiro atoms. The van der Waals surface area contributed by atoms with E-state index in [1.165, 1.54) is 0 Å². The van der Waals surface area contributed by atoms with Crippen molar-refractivity contribution >= 4 is 23.3 Å². The Hall–Kier alpha value is -3.13. The lowest BCUT2D eigenvalue weighted by atomic mass is 9.52. The minimum Gasteiger partial charge on any atom is -0.390 e. The molecule has 37 heavy (non-hydrogen) atoms. The van der Waals surface area contributed by atoms with E-state index >= 15 is 0 Å². The van der Waals surface area contributed by atoms with Crippen LogP contribution in [0.25, 0.3) is 0 Å². The van der Waals surface area contributed by atoms with Crippen LogP contribution in [0.4, 0.5) is 11.5 Å². The number of piperazine rings is 1. The largest absolute Gasteiger partial charge is 0.390 e. The summed E-state index contributed by atoms with van der Waals surface area (Å²) in [6.07, 6.45) is 4.81. The van der Waals surface area contributed by atoms with Crippen LogP contribution in [0, 0.1) is 17.8 Å². The molecule has 8 heteroatoms. The average molecular weight is 504 g/mol. The lowest BCUT2D eigenvalue weighted by Crippen LogP contribution is -2.61. The van der Waals surface area contributed by atoms with Gasteiger partial charge in [0.1, 0.15) is 11.5 Å². The molecule has 1 aromatic carbocycles. The average Bonchev–Trinajstić information content (AvgIpc) is 2.89. The highest BCUT2D eigenvalue weighted by atomic mass is 16.3. The van der Waals surface area contributed by atoms with Gasteiger partial charge in [0.25, 0.3) is 11.8 Å². The van der Waals surface area contributed by atoms with Crippen molar-refractivity contribution in [3.63, 3.8) is 0 Å². The number of pyridine rings is 1. The van der Waals surface area contributed by atoms with Gasteiger partial charge in [-0.3, -0.25) is 9.59 Å². The van der Waals surface area contributed by atoms with Crippen molar-refractivity contribution in [2.75, 3.05) is 36.5 Å². The molecule has 0 radical (unpaired) electrons. The Bertz CT molecular complexity index is 1170. The van der Waals surface area contributed by atoms with Crippen LogP contribution >= 0.6 is 0 Å². The van der Waals surface area contributed by atoms with Gasteiger partial charge < -0.3 is 25.5 Å². The van der Waals surface area contributed by atoms with Crippen LogP contribution in [0.5, 0.6) is 0 Å². The van der Waals surface area contributed by atoms with Crippen LogP contribution in [-0.2, 0) is 0 Å². The smallest absolute Gasteiger partial charge is 0.270 e. The number of aliphatic hydroxyl groups is 1. The summed E-state index contributed by atoms with van der Waals surface area (Å²) in [7, 11) is 1.64. The maximum Gasteiger partial charge on any atom is 0.270 e. The fourth-order valence-corrected chi connectivity index (χ4v) is 7.65. The molecular formula is C29H37N5O3. The number of carbonyl (C=O) groups excluding carboxylic acids is 2. The SMILES string of the molecule is CNC(=O)c1ccc(N2CCN(c3cccc(C(=O)NC4C5CC6CC4CC(O)(C6)C5)n3)C(C)C2)cc1. The van der Waals surface area contributed by atoms with E-state index in [4.69, 9.17) is 4.98 Å². The quantitative estimate of drug-likeness (QED) is 0.581. The molecule has 1 aliphatic heterocycles. The number of hydrogen-bond acceptors (Lipinski definition) is 6.